The fourth-order valence-electron chi connectivity index (χ4n) is 4.91. The molecule has 3 amide bonds. The van der Waals surface area contributed by atoms with Crippen molar-refractivity contribution in [1.82, 2.24) is 10.2 Å². The van der Waals surface area contributed by atoms with Crippen LogP contribution in [0.1, 0.15) is 43.2 Å². The predicted molar refractivity (Wildman–Crippen MR) is 123 cm³/mol. The van der Waals surface area contributed by atoms with Crippen LogP contribution in [0.5, 0.6) is 0 Å². The van der Waals surface area contributed by atoms with Crippen LogP contribution in [0.15, 0.2) is 54.6 Å². The van der Waals surface area contributed by atoms with E-state index in [-0.39, 0.29) is 11.9 Å². The van der Waals surface area contributed by atoms with Crippen molar-refractivity contribution in [2.24, 2.45) is 5.73 Å². The fraction of sp³-hybridized carbons (Fsp3) is 0.440. The highest BCUT2D eigenvalue weighted by Crippen LogP contribution is 2.35. The Hall–Kier alpha value is -3.02. The lowest BCUT2D eigenvalue weighted by Gasteiger charge is -2.40. The number of anilines is 1. The summed E-state index contributed by atoms with van der Waals surface area (Å²) in [5.41, 5.74) is 8.43. The van der Waals surface area contributed by atoms with Crippen molar-refractivity contribution in [2.75, 3.05) is 31.1 Å². The minimum atomic E-state index is -0.696. The van der Waals surface area contributed by atoms with Crippen molar-refractivity contribution in [1.29, 1.82) is 0 Å². The summed E-state index contributed by atoms with van der Waals surface area (Å²) in [5.74, 6) is -0.311. The summed E-state index contributed by atoms with van der Waals surface area (Å²) in [7, 11) is 0. The molecule has 0 spiro atoms. The number of urea groups is 1. The number of likely N-dealkylation sites (tertiary alicyclic amines) is 1. The van der Waals surface area contributed by atoms with Gasteiger partial charge in [0.1, 0.15) is 0 Å². The number of hydrogen-bond acceptors (Lipinski definition) is 3. The second kappa shape index (κ2) is 9.41. The number of hydrogen-bond donors (Lipinski definition) is 2. The van der Waals surface area contributed by atoms with Gasteiger partial charge in [-0.2, -0.15) is 0 Å². The molecule has 164 valence electrons. The van der Waals surface area contributed by atoms with Crippen LogP contribution in [-0.2, 0) is 16.8 Å². The van der Waals surface area contributed by atoms with Gasteiger partial charge in [0.05, 0.1) is 5.41 Å². The molecule has 2 heterocycles. The summed E-state index contributed by atoms with van der Waals surface area (Å²) in [4.78, 5) is 29.4. The van der Waals surface area contributed by atoms with E-state index >= 15 is 0 Å². The van der Waals surface area contributed by atoms with Gasteiger partial charge in [0.25, 0.3) is 0 Å². The Morgan fingerprint density at radius 3 is 2.19 bits per heavy atom. The Balaban J connectivity index is 1.37. The second-order valence-electron chi connectivity index (χ2n) is 8.63. The molecule has 3 N–H and O–H groups in total. The maximum Gasteiger partial charge on any atom is 0.317 e. The zero-order valence-corrected chi connectivity index (χ0v) is 18.1. The maximum absolute atomic E-state index is 12.9. The normalized spacial score (nSPS) is 18.5. The number of nitrogens with one attached hydrogen (secondary N) is 1. The number of nitrogens with two attached hydrogens (primary N) is 1. The van der Waals surface area contributed by atoms with Gasteiger partial charge in [0, 0.05) is 38.4 Å². The van der Waals surface area contributed by atoms with Crippen molar-refractivity contribution >= 4 is 17.6 Å². The molecule has 0 atom stereocenters. The van der Waals surface area contributed by atoms with Gasteiger partial charge in [-0.1, -0.05) is 48.5 Å². The minimum absolute atomic E-state index is 0.0837. The molecule has 2 aliphatic heterocycles. The first-order valence-corrected chi connectivity index (χ1v) is 11.3. The SMILES string of the molecule is NC(=O)C1(c2ccccc2)CCN(C(=O)NCc2ccccc2N2CCCCC2)CC1. The highest BCUT2D eigenvalue weighted by atomic mass is 16.2. The lowest BCUT2D eigenvalue weighted by Crippen LogP contribution is -2.53. The molecule has 6 heteroatoms. The molecule has 2 fully saturated rings. The third kappa shape index (κ3) is 4.53. The summed E-state index contributed by atoms with van der Waals surface area (Å²) in [6.45, 7) is 3.67. The maximum atomic E-state index is 12.9. The van der Waals surface area contributed by atoms with E-state index in [0.717, 1.165) is 24.2 Å². The van der Waals surface area contributed by atoms with E-state index in [0.29, 0.717) is 32.5 Å². The lowest BCUT2D eigenvalue weighted by molar-refractivity contribution is -0.125. The van der Waals surface area contributed by atoms with Crippen molar-refractivity contribution in [2.45, 2.75) is 44.1 Å². The molecule has 2 aromatic carbocycles. The van der Waals surface area contributed by atoms with Crippen LogP contribution in [0.2, 0.25) is 0 Å². The van der Waals surface area contributed by atoms with Gasteiger partial charge in [-0.15, -0.1) is 0 Å². The number of carbonyl (C=O) groups is 2. The molecule has 2 saturated heterocycles. The number of amides is 3. The Bertz CT molecular complexity index is 901. The van der Waals surface area contributed by atoms with Gasteiger partial charge in [-0.3, -0.25) is 4.79 Å². The average Bonchev–Trinajstić information content (AvgIpc) is 2.83. The fourth-order valence-corrected chi connectivity index (χ4v) is 4.91. The second-order valence-corrected chi connectivity index (χ2v) is 8.63. The first-order valence-electron chi connectivity index (χ1n) is 11.3. The standard InChI is InChI=1S/C25H32N4O2/c26-23(30)25(21-10-3-1-4-11-21)13-17-29(18-14-25)24(31)27-19-20-9-5-6-12-22(20)28-15-7-2-8-16-28/h1,3-6,9-12H,2,7-8,13-19H2,(H2,26,30)(H,27,31). The number of benzene rings is 2. The smallest absolute Gasteiger partial charge is 0.317 e. The number of primary amides is 1. The minimum Gasteiger partial charge on any atom is -0.371 e. The van der Waals surface area contributed by atoms with E-state index in [1.807, 2.05) is 36.4 Å². The van der Waals surface area contributed by atoms with Crippen LogP contribution < -0.4 is 16.0 Å². The Kier molecular flexibility index (Phi) is 6.44. The zero-order valence-electron chi connectivity index (χ0n) is 18.1. The van der Waals surface area contributed by atoms with Crippen LogP contribution in [0.4, 0.5) is 10.5 Å². The van der Waals surface area contributed by atoms with E-state index in [1.165, 1.54) is 24.9 Å². The molecule has 0 bridgehead atoms. The Morgan fingerprint density at radius 2 is 1.52 bits per heavy atom. The van der Waals surface area contributed by atoms with E-state index in [2.05, 4.69) is 28.4 Å². The molecule has 0 aliphatic carbocycles. The van der Waals surface area contributed by atoms with Gasteiger partial charge < -0.3 is 20.9 Å². The van der Waals surface area contributed by atoms with Crippen LogP contribution in [0, 0.1) is 0 Å². The zero-order chi connectivity index (χ0) is 21.7. The molecule has 2 aromatic rings. The molecular formula is C25H32N4O2. The highest BCUT2D eigenvalue weighted by Gasteiger charge is 2.42. The summed E-state index contributed by atoms with van der Waals surface area (Å²) >= 11 is 0. The highest BCUT2D eigenvalue weighted by molar-refractivity contribution is 5.87. The quantitative estimate of drug-likeness (QED) is 0.778. The number of nitrogens with zero attached hydrogens (tertiary/aromatic N) is 2. The van der Waals surface area contributed by atoms with Gasteiger partial charge >= 0.3 is 6.03 Å². The molecular weight excluding hydrogens is 388 g/mol. The molecule has 0 unspecified atom stereocenters. The molecule has 2 aliphatic rings. The molecule has 6 nitrogen and oxygen atoms in total. The van der Waals surface area contributed by atoms with Gasteiger partial charge in [-0.05, 0) is 49.3 Å². The summed E-state index contributed by atoms with van der Waals surface area (Å²) in [6.07, 6.45) is 4.82. The third-order valence-electron chi connectivity index (χ3n) is 6.82. The number of rotatable bonds is 5. The Labute approximate surface area is 184 Å². The molecule has 0 radical (unpaired) electrons. The molecule has 4 rings (SSSR count). The van der Waals surface area contributed by atoms with E-state index in [9.17, 15) is 9.59 Å². The number of piperidine rings is 2. The summed E-state index contributed by atoms with van der Waals surface area (Å²) in [6, 6.07) is 17.9. The summed E-state index contributed by atoms with van der Waals surface area (Å²) < 4.78 is 0. The number of para-hydroxylation sites is 1. The van der Waals surface area contributed by atoms with E-state index in [4.69, 9.17) is 5.73 Å². The molecule has 0 saturated carbocycles. The van der Waals surface area contributed by atoms with Gasteiger partial charge in [-0.25, -0.2) is 4.79 Å². The van der Waals surface area contributed by atoms with Crippen molar-refractivity contribution in [3.63, 3.8) is 0 Å². The van der Waals surface area contributed by atoms with Crippen LogP contribution in [0.25, 0.3) is 0 Å². The van der Waals surface area contributed by atoms with E-state index in [1.54, 1.807) is 4.90 Å². The lowest BCUT2D eigenvalue weighted by atomic mass is 9.72. The molecule has 31 heavy (non-hydrogen) atoms. The monoisotopic (exact) mass is 420 g/mol. The molecule has 0 aromatic heterocycles. The van der Waals surface area contributed by atoms with Crippen LogP contribution >= 0.6 is 0 Å². The van der Waals surface area contributed by atoms with Crippen molar-refractivity contribution in [3.8, 4) is 0 Å². The third-order valence-corrected chi connectivity index (χ3v) is 6.82. The van der Waals surface area contributed by atoms with Crippen LogP contribution in [0.3, 0.4) is 0 Å². The van der Waals surface area contributed by atoms with Crippen molar-refractivity contribution in [3.05, 3.63) is 65.7 Å². The Morgan fingerprint density at radius 1 is 0.871 bits per heavy atom. The van der Waals surface area contributed by atoms with Crippen LogP contribution in [-0.4, -0.2) is 43.0 Å². The predicted octanol–water partition coefficient (Wildman–Crippen LogP) is 3.41. The number of carbonyl (C=O) groups excluding carboxylic acids is 2. The largest absolute Gasteiger partial charge is 0.371 e. The topological polar surface area (TPSA) is 78.7 Å². The van der Waals surface area contributed by atoms with Gasteiger partial charge in [0.15, 0.2) is 0 Å². The van der Waals surface area contributed by atoms with Crippen molar-refractivity contribution < 1.29 is 9.59 Å². The van der Waals surface area contributed by atoms with Gasteiger partial charge in [0.2, 0.25) is 5.91 Å². The first kappa shape index (κ1) is 21.2. The first-order chi connectivity index (χ1) is 15.1. The van der Waals surface area contributed by atoms with E-state index < -0.39 is 5.41 Å². The summed E-state index contributed by atoms with van der Waals surface area (Å²) in [5, 5.41) is 3.09. The average molecular weight is 421 g/mol.